The van der Waals surface area contributed by atoms with Gasteiger partial charge in [0.05, 0.1) is 31.6 Å². The van der Waals surface area contributed by atoms with E-state index in [1.807, 2.05) is 20.0 Å². The molecule has 3 heterocycles. The number of nitrogens with one attached hydrogen (secondary N) is 1. The van der Waals surface area contributed by atoms with Gasteiger partial charge in [-0.25, -0.2) is 4.79 Å². The predicted molar refractivity (Wildman–Crippen MR) is 134 cm³/mol. The molecule has 12 nitrogen and oxygen atoms in total. The van der Waals surface area contributed by atoms with Gasteiger partial charge in [-0.1, -0.05) is 12.1 Å². The number of aliphatic hydroxyl groups excluding tert-OH is 1. The Morgan fingerprint density at radius 2 is 2.08 bits per heavy atom. The maximum Gasteiger partial charge on any atom is 0.321 e. The molecule has 2 N–H and O–H groups in total. The first-order valence-corrected chi connectivity index (χ1v) is 12.7. The number of rotatable bonds is 5. The molecule has 3 amide bonds. The molecule has 0 saturated heterocycles. The molecule has 2 aliphatic rings. The van der Waals surface area contributed by atoms with Gasteiger partial charge in [-0.2, -0.15) is 0 Å². The average molecular weight is 517 g/mol. The average Bonchev–Trinajstić information content (AvgIpc) is 3.36. The topological polar surface area (TPSA) is 131 Å². The number of carbonyl (C=O) groups is 2. The van der Waals surface area contributed by atoms with Crippen molar-refractivity contribution in [3.8, 4) is 11.5 Å². The quantitative estimate of drug-likeness (QED) is 0.614. The van der Waals surface area contributed by atoms with E-state index in [-0.39, 0.29) is 43.7 Å². The maximum atomic E-state index is 13.0. The molecular formula is C25H36N6O6. The highest BCUT2D eigenvalue weighted by Crippen LogP contribution is 2.32. The number of hydrogen-bond donors (Lipinski definition) is 2. The molecule has 2 aliphatic heterocycles. The number of fused-ring (bicyclic) bond motifs is 3. The molecule has 202 valence electrons. The molecule has 12 heteroatoms. The van der Waals surface area contributed by atoms with Gasteiger partial charge in [-0.15, -0.1) is 5.10 Å². The minimum absolute atomic E-state index is 0.0311. The van der Waals surface area contributed by atoms with E-state index in [0.29, 0.717) is 62.0 Å². The van der Waals surface area contributed by atoms with E-state index in [2.05, 4.69) is 15.6 Å². The van der Waals surface area contributed by atoms with E-state index in [1.165, 1.54) is 0 Å². The second kappa shape index (κ2) is 12.2. The van der Waals surface area contributed by atoms with Gasteiger partial charge in [-0.3, -0.25) is 9.48 Å². The Labute approximate surface area is 216 Å². The fraction of sp³-hybridized carbons (Fsp3) is 0.600. The first-order chi connectivity index (χ1) is 17.8. The molecule has 1 aromatic heterocycles. The molecule has 0 fully saturated rings. The highest BCUT2D eigenvalue weighted by Gasteiger charge is 2.29. The second-order valence-electron chi connectivity index (χ2n) is 9.65. The van der Waals surface area contributed by atoms with E-state index < -0.39 is 6.10 Å². The first-order valence-electron chi connectivity index (χ1n) is 12.7. The van der Waals surface area contributed by atoms with Crippen LogP contribution in [0.25, 0.3) is 0 Å². The number of nitrogens with zero attached hydrogens (tertiary/aromatic N) is 5. The molecule has 0 saturated carbocycles. The van der Waals surface area contributed by atoms with Crippen molar-refractivity contribution in [2.45, 2.75) is 52.0 Å². The lowest BCUT2D eigenvalue weighted by atomic mass is 10.0. The smallest absolute Gasteiger partial charge is 0.321 e. The number of anilines is 1. The van der Waals surface area contributed by atoms with Crippen molar-refractivity contribution in [1.29, 1.82) is 0 Å². The lowest BCUT2D eigenvalue weighted by Crippen LogP contribution is -2.48. The number of urea groups is 1. The molecule has 4 rings (SSSR count). The summed E-state index contributed by atoms with van der Waals surface area (Å²) in [6, 6.07) is 4.64. The van der Waals surface area contributed by atoms with E-state index in [0.717, 1.165) is 0 Å². The number of aliphatic hydroxyl groups is 1. The Hall–Kier alpha value is -3.38. The van der Waals surface area contributed by atoms with Gasteiger partial charge >= 0.3 is 6.03 Å². The summed E-state index contributed by atoms with van der Waals surface area (Å²) in [7, 11) is 1.69. The third kappa shape index (κ3) is 6.89. The minimum Gasteiger partial charge on any atom is -0.486 e. The number of aromatic nitrogens is 3. The number of ether oxygens (including phenoxy) is 3. The van der Waals surface area contributed by atoms with Crippen LogP contribution < -0.4 is 14.8 Å². The van der Waals surface area contributed by atoms with Crippen molar-refractivity contribution in [3.63, 3.8) is 0 Å². The molecule has 0 unspecified atom stereocenters. The van der Waals surface area contributed by atoms with Gasteiger partial charge in [0.1, 0.15) is 18.9 Å². The van der Waals surface area contributed by atoms with Crippen molar-refractivity contribution >= 4 is 17.6 Å². The largest absolute Gasteiger partial charge is 0.486 e. The van der Waals surface area contributed by atoms with Crippen LogP contribution >= 0.6 is 0 Å². The van der Waals surface area contributed by atoms with Gasteiger partial charge in [0, 0.05) is 50.8 Å². The van der Waals surface area contributed by atoms with Gasteiger partial charge < -0.3 is 34.4 Å². The summed E-state index contributed by atoms with van der Waals surface area (Å²) < 4.78 is 19.1. The number of amides is 3. The van der Waals surface area contributed by atoms with E-state index in [1.54, 1.807) is 39.7 Å². The molecular weight excluding hydrogens is 480 g/mol. The third-order valence-corrected chi connectivity index (χ3v) is 6.64. The molecule has 1 aromatic carbocycles. The highest BCUT2D eigenvalue weighted by molar-refractivity contribution is 5.89. The van der Waals surface area contributed by atoms with Crippen molar-refractivity contribution in [2.24, 2.45) is 5.92 Å². The van der Waals surface area contributed by atoms with Gasteiger partial charge in [0.15, 0.2) is 11.5 Å². The molecule has 0 spiro atoms. The molecule has 0 radical (unpaired) electrons. The summed E-state index contributed by atoms with van der Waals surface area (Å²) in [6.45, 7) is 6.12. The molecule has 3 atom stereocenters. The normalized spacial score (nSPS) is 21.3. The Morgan fingerprint density at radius 1 is 1.30 bits per heavy atom. The van der Waals surface area contributed by atoms with Crippen LogP contribution in [0.2, 0.25) is 0 Å². The van der Waals surface area contributed by atoms with Crippen LogP contribution in [-0.4, -0.2) is 93.9 Å². The number of carbonyl (C=O) groups excluding carboxylic acids is 2. The zero-order valence-corrected chi connectivity index (χ0v) is 21.6. The van der Waals surface area contributed by atoms with Crippen molar-refractivity contribution in [2.75, 3.05) is 45.3 Å². The fourth-order valence-electron chi connectivity index (χ4n) is 4.39. The number of benzene rings is 1. The van der Waals surface area contributed by atoms with Crippen LogP contribution in [-0.2, 0) is 22.7 Å². The van der Waals surface area contributed by atoms with Crippen LogP contribution in [0.1, 0.15) is 32.4 Å². The summed E-state index contributed by atoms with van der Waals surface area (Å²) in [5.41, 5.74) is 1.28. The van der Waals surface area contributed by atoms with E-state index >= 15 is 0 Å². The predicted octanol–water partition coefficient (Wildman–Crippen LogP) is 1.74. The Bertz CT molecular complexity index is 1080. The molecule has 37 heavy (non-hydrogen) atoms. The summed E-state index contributed by atoms with van der Waals surface area (Å²) >= 11 is 0. The van der Waals surface area contributed by atoms with Gasteiger partial charge in [-0.05, 0) is 25.5 Å². The fourth-order valence-corrected chi connectivity index (χ4v) is 4.39. The third-order valence-electron chi connectivity index (χ3n) is 6.64. The van der Waals surface area contributed by atoms with Crippen LogP contribution in [0.5, 0.6) is 11.5 Å². The lowest BCUT2D eigenvalue weighted by Gasteiger charge is -2.35. The number of hydrogen-bond acceptors (Lipinski definition) is 8. The Morgan fingerprint density at radius 3 is 2.86 bits per heavy atom. The van der Waals surface area contributed by atoms with Crippen LogP contribution in [0.15, 0.2) is 24.4 Å². The SMILES string of the molecule is C[C@H]1CN([C@@H](C)CO)C(=O)CCCn2cc(nn2)CO[C@@H]1CN(C)C(=O)Nc1ccc2c(c1)OCCO2. The van der Waals surface area contributed by atoms with Crippen LogP contribution in [0.4, 0.5) is 10.5 Å². The number of aryl methyl sites for hydroxylation is 1. The van der Waals surface area contributed by atoms with E-state index in [4.69, 9.17) is 14.2 Å². The number of likely N-dealkylation sites (N-methyl/N-ethyl adjacent to an activating group) is 1. The molecule has 2 aromatic rings. The molecule has 0 aliphatic carbocycles. The van der Waals surface area contributed by atoms with Gasteiger partial charge in [0.25, 0.3) is 0 Å². The van der Waals surface area contributed by atoms with Crippen LogP contribution in [0, 0.1) is 5.92 Å². The lowest BCUT2D eigenvalue weighted by molar-refractivity contribution is -0.136. The highest BCUT2D eigenvalue weighted by atomic mass is 16.6. The summed E-state index contributed by atoms with van der Waals surface area (Å²) in [4.78, 5) is 29.3. The zero-order valence-electron chi connectivity index (χ0n) is 21.6. The summed E-state index contributed by atoms with van der Waals surface area (Å²) in [5.74, 6) is 1.08. The monoisotopic (exact) mass is 516 g/mol. The van der Waals surface area contributed by atoms with Crippen molar-refractivity contribution in [3.05, 3.63) is 30.1 Å². The van der Waals surface area contributed by atoms with Crippen molar-refractivity contribution < 1.29 is 28.9 Å². The summed E-state index contributed by atoms with van der Waals surface area (Å²) in [5, 5.41) is 20.9. The second-order valence-corrected chi connectivity index (χ2v) is 9.65. The van der Waals surface area contributed by atoms with E-state index in [9.17, 15) is 14.7 Å². The van der Waals surface area contributed by atoms with Crippen molar-refractivity contribution in [1.82, 2.24) is 24.8 Å². The first kappa shape index (κ1) is 26.7. The standard InChI is InChI=1S/C25H36N6O6/c1-17-12-31(18(2)15-32)24(33)5-4-8-30-13-20(27-28-30)16-37-23(17)14-29(3)25(34)26-19-6-7-21-22(11-19)36-10-9-35-21/h6-7,11,13,17-18,23,32H,4-5,8-10,12,14-16H2,1-3H3,(H,26,34)/t17-,18-,23+/m0/s1. The van der Waals surface area contributed by atoms with Crippen LogP contribution in [0.3, 0.4) is 0 Å². The minimum atomic E-state index is -0.400. The van der Waals surface area contributed by atoms with Gasteiger partial charge in [0.2, 0.25) is 5.91 Å². The maximum absolute atomic E-state index is 13.0. The Balaban J connectivity index is 1.46. The molecule has 2 bridgehead atoms. The zero-order chi connectivity index (χ0) is 26.4. The summed E-state index contributed by atoms with van der Waals surface area (Å²) in [6.07, 6.45) is 2.38. The Kier molecular flexibility index (Phi) is 8.82.